The van der Waals surface area contributed by atoms with Crippen LogP contribution in [0.2, 0.25) is 0 Å². The van der Waals surface area contributed by atoms with Crippen LogP contribution < -0.4 is 0 Å². The molecule has 3 heterocycles. The van der Waals surface area contributed by atoms with Crippen LogP contribution in [0.1, 0.15) is 5.56 Å². The molecule has 0 saturated heterocycles. The molecule has 0 bridgehead atoms. The van der Waals surface area contributed by atoms with Crippen LogP contribution in [0.4, 0.5) is 0 Å². The van der Waals surface area contributed by atoms with Crippen molar-refractivity contribution in [2.75, 3.05) is 0 Å². The van der Waals surface area contributed by atoms with E-state index in [1.54, 1.807) is 12.4 Å². The largest absolute Gasteiger partial charge is 0.275 e. The number of pyridine rings is 2. The van der Waals surface area contributed by atoms with Crippen molar-refractivity contribution in [3.63, 3.8) is 0 Å². The van der Waals surface area contributed by atoms with Crippen LogP contribution in [0, 0.1) is 6.92 Å². The van der Waals surface area contributed by atoms with Gasteiger partial charge in [0, 0.05) is 12.4 Å². The quantitative estimate of drug-likeness (QED) is 0.670. The Morgan fingerprint density at radius 1 is 1.12 bits per heavy atom. The average Bonchev–Trinajstić information content (AvgIpc) is 2.72. The highest BCUT2D eigenvalue weighted by atomic mass is 15.1. The summed E-state index contributed by atoms with van der Waals surface area (Å²) in [5.41, 5.74) is 4.61. The van der Waals surface area contributed by atoms with Gasteiger partial charge >= 0.3 is 0 Å². The number of hydrogen-bond acceptors (Lipinski definition) is 3. The maximum absolute atomic E-state index is 4.31. The molecule has 0 saturated carbocycles. The van der Waals surface area contributed by atoms with E-state index in [2.05, 4.69) is 20.2 Å². The highest BCUT2D eigenvalue weighted by Gasteiger charge is 2.09. The zero-order valence-corrected chi connectivity index (χ0v) is 8.81. The summed E-state index contributed by atoms with van der Waals surface area (Å²) in [5, 5.41) is 7.21. The minimum Gasteiger partial charge on any atom is -0.275 e. The predicted molar refractivity (Wildman–Crippen MR) is 61.9 cm³/mol. The van der Waals surface area contributed by atoms with E-state index in [0.717, 1.165) is 28.0 Å². The number of aryl methyl sites for hydroxylation is 1. The van der Waals surface area contributed by atoms with E-state index in [9.17, 15) is 0 Å². The van der Waals surface area contributed by atoms with E-state index in [4.69, 9.17) is 0 Å². The van der Waals surface area contributed by atoms with E-state index in [0.29, 0.717) is 0 Å². The molecule has 4 heteroatoms. The molecular formula is C12H10N4. The van der Waals surface area contributed by atoms with Gasteiger partial charge in [0.05, 0.1) is 11.2 Å². The van der Waals surface area contributed by atoms with Gasteiger partial charge in [-0.2, -0.15) is 5.10 Å². The van der Waals surface area contributed by atoms with Crippen molar-refractivity contribution < 1.29 is 0 Å². The molecule has 0 aromatic carbocycles. The molecule has 0 radical (unpaired) electrons. The molecule has 0 amide bonds. The van der Waals surface area contributed by atoms with Gasteiger partial charge in [0.1, 0.15) is 11.2 Å². The smallest absolute Gasteiger partial charge is 0.137 e. The van der Waals surface area contributed by atoms with Gasteiger partial charge in [0.15, 0.2) is 0 Å². The average molecular weight is 210 g/mol. The van der Waals surface area contributed by atoms with Crippen LogP contribution in [0.15, 0.2) is 36.7 Å². The molecule has 0 aliphatic carbocycles. The number of fused-ring (bicyclic) bond motifs is 1. The van der Waals surface area contributed by atoms with Gasteiger partial charge in [-0.25, -0.2) is 0 Å². The van der Waals surface area contributed by atoms with Crippen molar-refractivity contribution in [2.24, 2.45) is 0 Å². The maximum Gasteiger partial charge on any atom is 0.137 e. The summed E-state index contributed by atoms with van der Waals surface area (Å²) in [7, 11) is 0. The van der Waals surface area contributed by atoms with Crippen LogP contribution >= 0.6 is 0 Å². The molecule has 3 rings (SSSR count). The summed E-state index contributed by atoms with van der Waals surface area (Å²) in [6, 6.07) is 7.80. The Labute approximate surface area is 92.4 Å². The molecule has 0 spiro atoms. The summed E-state index contributed by atoms with van der Waals surface area (Å²) < 4.78 is 0. The normalized spacial score (nSPS) is 10.8. The van der Waals surface area contributed by atoms with Crippen LogP contribution in [0.5, 0.6) is 0 Å². The van der Waals surface area contributed by atoms with Crippen LogP contribution in [0.3, 0.4) is 0 Å². The second-order valence-corrected chi connectivity index (χ2v) is 3.69. The van der Waals surface area contributed by atoms with Crippen molar-refractivity contribution in [3.05, 3.63) is 42.2 Å². The fourth-order valence-electron chi connectivity index (χ4n) is 1.70. The molecule has 1 N–H and O–H groups in total. The lowest BCUT2D eigenvalue weighted by molar-refractivity contribution is 1.11. The third kappa shape index (κ3) is 1.35. The standard InChI is InChI=1S/C12H10N4/c1-8-4-6-13-10(7-8)12-11-9(15-16-12)3-2-5-14-11/h2-7H,1H3,(H,15,16). The van der Waals surface area contributed by atoms with Crippen molar-refractivity contribution in [1.29, 1.82) is 0 Å². The Balaban J connectivity index is 2.26. The Morgan fingerprint density at radius 2 is 2.06 bits per heavy atom. The second kappa shape index (κ2) is 3.41. The Hall–Kier alpha value is -2.23. The van der Waals surface area contributed by atoms with Crippen molar-refractivity contribution >= 4 is 11.0 Å². The van der Waals surface area contributed by atoms with Gasteiger partial charge in [0.2, 0.25) is 0 Å². The van der Waals surface area contributed by atoms with Crippen molar-refractivity contribution in [2.45, 2.75) is 6.92 Å². The van der Waals surface area contributed by atoms with Crippen LogP contribution in [0.25, 0.3) is 22.4 Å². The third-order valence-corrected chi connectivity index (χ3v) is 2.48. The third-order valence-electron chi connectivity index (χ3n) is 2.48. The van der Waals surface area contributed by atoms with E-state index >= 15 is 0 Å². The summed E-state index contributed by atoms with van der Waals surface area (Å²) in [4.78, 5) is 8.62. The molecule has 3 aromatic heterocycles. The molecule has 4 nitrogen and oxygen atoms in total. The molecule has 78 valence electrons. The van der Waals surface area contributed by atoms with Crippen LogP contribution in [-0.2, 0) is 0 Å². The Kier molecular flexibility index (Phi) is 1.93. The monoisotopic (exact) mass is 210 g/mol. The molecule has 0 fully saturated rings. The molecule has 0 aliphatic heterocycles. The first-order valence-electron chi connectivity index (χ1n) is 5.07. The zero-order valence-electron chi connectivity index (χ0n) is 8.81. The van der Waals surface area contributed by atoms with E-state index in [-0.39, 0.29) is 0 Å². The Morgan fingerprint density at radius 3 is 2.94 bits per heavy atom. The van der Waals surface area contributed by atoms with E-state index < -0.39 is 0 Å². The van der Waals surface area contributed by atoms with Gasteiger partial charge in [-0.3, -0.25) is 15.1 Å². The first-order chi connectivity index (χ1) is 7.84. The van der Waals surface area contributed by atoms with Gasteiger partial charge < -0.3 is 0 Å². The lowest BCUT2D eigenvalue weighted by Gasteiger charge is -1.97. The highest BCUT2D eigenvalue weighted by molar-refractivity contribution is 5.88. The summed E-state index contributed by atoms with van der Waals surface area (Å²) in [6.45, 7) is 2.04. The SMILES string of the molecule is Cc1ccnc(-c2n[nH]c3cccnc23)c1. The second-order valence-electron chi connectivity index (χ2n) is 3.69. The molecule has 0 aliphatic rings. The number of hydrogen-bond donors (Lipinski definition) is 1. The molecule has 0 atom stereocenters. The fourth-order valence-corrected chi connectivity index (χ4v) is 1.70. The minimum absolute atomic E-state index is 0.805. The van der Waals surface area contributed by atoms with Gasteiger partial charge in [0.25, 0.3) is 0 Å². The number of aromatic nitrogens is 4. The van der Waals surface area contributed by atoms with Gasteiger partial charge in [-0.1, -0.05) is 0 Å². The van der Waals surface area contributed by atoms with Crippen molar-refractivity contribution in [3.8, 4) is 11.4 Å². The van der Waals surface area contributed by atoms with Crippen LogP contribution in [-0.4, -0.2) is 20.2 Å². The predicted octanol–water partition coefficient (Wildman–Crippen LogP) is 2.33. The number of rotatable bonds is 1. The number of H-pyrrole nitrogens is 1. The lowest BCUT2D eigenvalue weighted by Crippen LogP contribution is -1.86. The molecular weight excluding hydrogens is 200 g/mol. The number of nitrogens with zero attached hydrogens (tertiary/aromatic N) is 3. The number of nitrogens with one attached hydrogen (secondary N) is 1. The summed E-state index contributed by atoms with van der Waals surface area (Å²) in [5.74, 6) is 0. The summed E-state index contributed by atoms with van der Waals surface area (Å²) >= 11 is 0. The first-order valence-corrected chi connectivity index (χ1v) is 5.07. The fraction of sp³-hybridized carbons (Fsp3) is 0.0833. The van der Waals surface area contributed by atoms with Gasteiger partial charge in [-0.05, 0) is 36.8 Å². The van der Waals surface area contributed by atoms with E-state index in [1.807, 2.05) is 31.2 Å². The maximum atomic E-state index is 4.31. The lowest BCUT2D eigenvalue weighted by atomic mass is 10.2. The molecule has 3 aromatic rings. The minimum atomic E-state index is 0.805. The first kappa shape index (κ1) is 9.03. The van der Waals surface area contributed by atoms with Gasteiger partial charge in [-0.15, -0.1) is 0 Å². The summed E-state index contributed by atoms with van der Waals surface area (Å²) in [6.07, 6.45) is 3.55. The Bertz CT molecular complexity index is 642. The van der Waals surface area contributed by atoms with Crippen molar-refractivity contribution in [1.82, 2.24) is 20.2 Å². The highest BCUT2D eigenvalue weighted by Crippen LogP contribution is 2.22. The molecule has 0 unspecified atom stereocenters. The topological polar surface area (TPSA) is 54.5 Å². The van der Waals surface area contributed by atoms with E-state index in [1.165, 1.54) is 0 Å². The zero-order chi connectivity index (χ0) is 11.0. The molecule has 16 heavy (non-hydrogen) atoms. The number of aromatic amines is 1.